The third-order valence-corrected chi connectivity index (χ3v) is 1.54. The zero-order chi connectivity index (χ0) is 9.07. The Morgan fingerprint density at radius 1 is 1.27 bits per heavy atom. The van der Waals surface area contributed by atoms with Gasteiger partial charge in [0.25, 0.3) is 0 Å². The Hall–Kier alpha value is -0.720. The van der Waals surface area contributed by atoms with Crippen LogP contribution in [0.3, 0.4) is 0 Å². The molecule has 1 heteroatoms. The summed E-state index contributed by atoms with van der Waals surface area (Å²) < 4.78 is 0. The third kappa shape index (κ3) is 4.65. The molecule has 0 aliphatic carbocycles. The Balaban J connectivity index is 4.09. The van der Waals surface area contributed by atoms with Crippen LogP contribution in [0.1, 0.15) is 20.8 Å². The van der Waals surface area contributed by atoms with Crippen molar-refractivity contribution < 1.29 is 0 Å². The predicted octanol–water partition coefficient (Wildman–Crippen LogP) is 2.66. The van der Waals surface area contributed by atoms with Crippen LogP contribution in [0.5, 0.6) is 0 Å². The first-order valence-corrected chi connectivity index (χ1v) is 3.88. The molecule has 0 N–H and O–H groups in total. The first-order valence-electron chi connectivity index (χ1n) is 3.88. The molecule has 0 rings (SSSR count). The summed E-state index contributed by atoms with van der Waals surface area (Å²) in [6.07, 6.45) is 4.08. The van der Waals surface area contributed by atoms with Gasteiger partial charge in [0.2, 0.25) is 0 Å². The lowest BCUT2D eigenvalue weighted by Crippen LogP contribution is -2.07. The SMILES string of the molecule is C=C(/C=C\N(C)C)C(C)(C)C. The van der Waals surface area contributed by atoms with Gasteiger partial charge in [-0.05, 0) is 23.3 Å². The van der Waals surface area contributed by atoms with Crippen molar-refractivity contribution in [2.75, 3.05) is 14.1 Å². The molecule has 0 radical (unpaired) electrons. The first-order chi connectivity index (χ1) is 4.84. The minimum atomic E-state index is 0.187. The van der Waals surface area contributed by atoms with Crippen molar-refractivity contribution in [3.05, 3.63) is 24.4 Å². The average molecular weight is 153 g/mol. The van der Waals surface area contributed by atoms with E-state index in [2.05, 4.69) is 33.4 Å². The minimum Gasteiger partial charge on any atom is -0.383 e. The van der Waals surface area contributed by atoms with Crippen LogP contribution in [0.15, 0.2) is 24.4 Å². The summed E-state index contributed by atoms with van der Waals surface area (Å²) >= 11 is 0. The van der Waals surface area contributed by atoms with E-state index in [0.717, 1.165) is 5.57 Å². The lowest BCUT2D eigenvalue weighted by Gasteiger charge is -2.19. The fraction of sp³-hybridized carbons (Fsp3) is 0.600. The molecule has 0 spiro atoms. The van der Waals surface area contributed by atoms with Crippen molar-refractivity contribution >= 4 is 0 Å². The molecule has 0 heterocycles. The van der Waals surface area contributed by atoms with E-state index in [1.165, 1.54) is 0 Å². The molecule has 11 heavy (non-hydrogen) atoms. The fourth-order valence-corrected chi connectivity index (χ4v) is 0.489. The quantitative estimate of drug-likeness (QED) is 0.551. The molecular formula is C10H19N. The highest BCUT2D eigenvalue weighted by atomic mass is 15.0. The maximum Gasteiger partial charge on any atom is 0.00556 e. The Bertz CT molecular complexity index is 158. The van der Waals surface area contributed by atoms with E-state index < -0.39 is 0 Å². The van der Waals surface area contributed by atoms with Crippen LogP contribution >= 0.6 is 0 Å². The Morgan fingerprint density at radius 3 is 2.00 bits per heavy atom. The van der Waals surface area contributed by atoms with E-state index in [-0.39, 0.29) is 5.41 Å². The highest BCUT2D eigenvalue weighted by Gasteiger charge is 2.11. The molecule has 0 atom stereocenters. The predicted molar refractivity (Wildman–Crippen MR) is 51.4 cm³/mol. The second kappa shape index (κ2) is 3.61. The molecule has 0 aliphatic heterocycles. The number of rotatable bonds is 2. The minimum absolute atomic E-state index is 0.187. The topological polar surface area (TPSA) is 3.24 Å². The lowest BCUT2D eigenvalue weighted by atomic mass is 9.88. The second-order valence-corrected chi connectivity index (χ2v) is 4.05. The number of hydrogen-bond donors (Lipinski definition) is 0. The summed E-state index contributed by atoms with van der Waals surface area (Å²) in [5.41, 5.74) is 1.35. The van der Waals surface area contributed by atoms with Crippen LogP contribution in [-0.4, -0.2) is 19.0 Å². The van der Waals surface area contributed by atoms with E-state index in [9.17, 15) is 0 Å². The smallest absolute Gasteiger partial charge is 0.00556 e. The monoisotopic (exact) mass is 153 g/mol. The Kier molecular flexibility index (Phi) is 3.37. The zero-order valence-corrected chi connectivity index (χ0v) is 8.31. The number of allylic oxidation sites excluding steroid dienone is 2. The van der Waals surface area contributed by atoms with E-state index in [0.29, 0.717) is 0 Å². The van der Waals surface area contributed by atoms with Gasteiger partial charge < -0.3 is 4.90 Å². The number of hydrogen-bond acceptors (Lipinski definition) is 1. The van der Waals surface area contributed by atoms with Gasteiger partial charge >= 0.3 is 0 Å². The molecule has 0 aromatic rings. The maximum absolute atomic E-state index is 3.98. The van der Waals surface area contributed by atoms with Crippen LogP contribution in [0, 0.1) is 5.41 Å². The molecule has 0 saturated carbocycles. The summed E-state index contributed by atoms with van der Waals surface area (Å²) in [4.78, 5) is 2.01. The molecule has 0 saturated heterocycles. The van der Waals surface area contributed by atoms with Crippen molar-refractivity contribution in [2.45, 2.75) is 20.8 Å². The lowest BCUT2D eigenvalue weighted by molar-refractivity contribution is 0.512. The summed E-state index contributed by atoms with van der Waals surface area (Å²) in [5, 5.41) is 0. The Labute approximate surface area is 70.4 Å². The average Bonchev–Trinajstić information content (AvgIpc) is 1.80. The molecular weight excluding hydrogens is 134 g/mol. The van der Waals surface area contributed by atoms with Crippen LogP contribution in [0.4, 0.5) is 0 Å². The third-order valence-electron chi connectivity index (χ3n) is 1.54. The molecule has 0 unspecified atom stereocenters. The van der Waals surface area contributed by atoms with Gasteiger partial charge in [-0.3, -0.25) is 0 Å². The van der Waals surface area contributed by atoms with Gasteiger partial charge in [0.1, 0.15) is 0 Å². The summed E-state index contributed by atoms with van der Waals surface area (Å²) in [7, 11) is 4.01. The van der Waals surface area contributed by atoms with Crippen molar-refractivity contribution in [3.63, 3.8) is 0 Å². The van der Waals surface area contributed by atoms with Crippen molar-refractivity contribution in [3.8, 4) is 0 Å². The van der Waals surface area contributed by atoms with Gasteiger partial charge in [-0.1, -0.05) is 27.4 Å². The summed E-state index contributed by atoms with van der Waals surface area (Å²) in [6.45, 7) is 10.5. The van der Waals surface area contributed by atoms with Crippen LogP contribution in [-0.2, 0) is 0 Å². The van der Waals surface area contributed by atoms with E-state index in [1.807, 2.05) is 25.2 Å². The number of nitrogens with zero attached hydrogens (tertiary/aromatic N) is 1. The van der Waals surface area contributed by atoms with E-state index >= 15 is 0 Å². The van der Waals surface area contributed by atoms with Gasteiger partial charge in [0.15, 0.2) is 0 Å². The van der Waals surface area contributed by atoms with Gasteiger partial charge in [0, 0.05) is 14.1 Å². The standard InChI is InChI=1S/C10H19N/c1-9(10(2,3)4)7-8-11(5)6/h7-8H,1H2,2-6H3/b8-7-. The van der Waals surface area contributed by atoms with E-state index in [1.54, 1.807) is 0 Å². The molecule has 0 amide bonds. The van der Waals surface area contributed by atoms with E-state index in [4.69, 9.17) is 0 Å². The van der Waals surface area contributed by atoms with Gasteiger partial charge in [-0.25, -0.2) is 0 Å². The molecule has 0 aliphatic rings. The fourth-order valence-electron chi connectivity index (χ4n) is 0.489. The van der Waals surface area contributed by atoms with Gasteiger partial charge in [0.05, 0.1) is 0 Å². The maximum atomic E-state index is 3.98. The van der Waals surface area contributed by atoms with Crippen LogP contribution in [0.2, 0.25) is 0 Å². The van der Waals surface area contributed by atoms with Crippen molar-refractivity contribution in [1.29, 1.82) is 0 Å². The largest absolute Gasteiger partial charge is 0.383 e. The normalized spacial score (nSPS) is 12.1. The van der Waals surface area contributed by atoms with Crippen LogP contribution < -0.4 is 0 Å². The molecule has 0 aromatic carbocycles. The second-order valence-electron chi connectivity index (χ2n) is 4.05. The summed E-state index contributed by atoms with van der Waals surface area (Å²) in [6, 6.07) is 0. The zero-order valence-electron chi connectivity index (χ0n) is 8.31. The van der Waals surface area contributed by atoms with Crippen molar-refractivity contribution in [1.82, 2.24) is 4.90 Å². The van der Waals surface area contributed by atoms with Gasteiger partial charge in [-0.2, -0.15) is 0 Å². The molecule has 0 aromatic heterocycles. The highest BCUT2D eigenvalue weighted by Crippen LogP contribution is 2.23. The molecule has 1 nitrogen and oxygen atoms in total. The molecule has 0 bridgehead atoms. The highest BCUT2D eigenvalue weighted by molar-refractivity contribution is 5.20. The molecule has 0 fully saturated rings. The van der Waals surface area contributed by atoms with Crippen molar-refractivity contribution in [2.24, 2.45) is 5.41 Å². The Morgan fingerprint density at radius 2 is 1.73 bits per heavy atom. The summed E-state index contributed by atoms with van der Waals surface area (Å²) in [5.74, 6) is 0. The van der Waals surface area contributed by atoms with Crippen LogP contribution in [0.25, 0.3) is 0 Å². The molecule has 64 valence electrons. The first kappa shape index (κ1) is 10.3. The van der Waals surface area contributed by atoms with Gasteiger partial charge in [-0.15, -0.1) is 0 Å².